The van der Waals surface area contributed by atoms with Crippen LogP contribution in [0, 0.1) is 29.6 Å². The molecular weight excluding hydrogens is 728 g/mol. The fourth-order valence-electron chi connectivity index (χ4n) is 7.82. The summed E-state index contributed by atoms with van der Waals surface area (Å²) in [4.78, 5) is 10.0. The molecule has 0 saturated carbocycles. The number of benzene rings is 6. The Kier molecular flexibility index (Phi) is 8.88. The Bertz CT molecular complexity index is 2990. The Morgan fingerprint density at radius 2 is 1.00 bits per heavy atom. The summed E-state index contributed by atoms with van der Waals surface area (Å²) >= 11 is 0. The van der Waals surface area contributed by atoms with E-state index in [1.165, 1.54) is 12.1 Å². The zero-order valence-corrected chi connectivity index (χ0v) is 31.0. The van der Waals surface area contributed by atoms with E-state index in [4.69, 9.17) is 9.97 Å². The molecule has 5 nitrogen and oxygen atoms in total. The highest BCUT2D eigenvalue weighted by molar-refractivity contribution is 6.12. The normalized spacial score (nSPS) is 11.4. The molecule has 0 atom stereocenters. The van der Waals surface area contributed by atoms with E-state index in [2.05, 4.69) is 6.07 Å². The van der Waals surface area contributed by atoms with Crippen molar-refractivity contribution < 1.29 is 13.2 Å². The Labute approximate surface area is 332 Å². The lowest BCUT2D eigenvalue weighted by Gasteiger charge is -2.21. The lowest BCUT2D eigenvalue weighted by molar-refractivity contribution is -0.137. The second-order valence-electron chi connectivity index (χ2n) is 14.0. The largest absolute Gasteiger partial charge is 0.417 e. The van der Waals surface area contributed by atoms with E-state index in [-0.39, 0.29) is 22.3 Å². The van der Waals surface area contributed by atoms with Gasteiger partial charge in [0, 0.05) is 44.2 Å². The quantitative estimate of drug-likeness (QED) is 0.169. The van der Waals surface area contributed by atoms with Crippen molar-refractivity contribution in [2.24, 2.45) is 0 Å². The zero-order chi connectivity index (χ0) is 40.0. The van der Waals surface area contributed by atoms with E-state index < -0.39 is 11.7 Å². The predicted octanol–water partition coefficient (Wildman–Crippen LogP) is 13.0. The second kappa shape index (κ2) is 14.4. The lowest BCUT2D eigenvalue weighted by Crippen LogP contribution is -2.10. The number of pyridine rings is 2. The molecule has 9 rings (SSSR count). The minimum Gasteiger partial charge on any atom is -0.309 e. The van der Waals surface area contributed by atoms with Crippen LogP contribution in [0.2, 0.25) is 0 Å². The van der Waals surface area contributed by atoms with Gasteiger partial charge in [0.1, 0.15) is 0 Å². The molecule has 0 bridgehead atoms. The molecule has 9 aromatic rings. The second-order valence-corrected chi connectivity index (χ2v) is 14.0. The Morgan fingerprint density at radius 1 is 0.500 bits per heavy atom. The molecule has 0 radical (unpaired) electrons. The van der Waals surface area contributed by atoms with Crippen LogP contribution in [0.4, 0.5) is 13.2 Å². The molecule has 6 aromatic carbocycles. The molecule has 276 valence electrons. The maximum absolute atomic E-state index is 14.8. The van der Waals surface area contributed by atoms with Crippen molar-refractivity contribution in [3.8, 4) is 74.0 Å². The van der Waals surface area contributed by atoms with Crippen molar-refractivity contribution in [2.75, 3.05) is 0 Å². The van der Waals surface area contributed by atoms with Crippen LogP contribution >= 0.6 is 0 Å². The smallest absolute Gasteiger partial charge is 0.309 e. The number of nitrogens with zero attached hydrogens (tertiary/aromatic N) is 5. The van der Waals surface area contributed by atoms with Crippen LogP contribution in [-0.4, -0.2) is 14.5 Å². The van der Waals surface area contributed by atoms with Crippen molar-refractivity contribution in [3.05, 3.63) is 186 Å². The molecule has 0 saturated heterocycles. The third kappa shape index (κ3) is 6.33. The summed E-state index contributed by atoms with van der Waals surface area (Å²) < 4.78 is 46.3. The van der Waals surface area contributed by atoms with E-state index in [9.17, 15) is 23.7 Å². The Balaban J connectivity index is 1.34. The number of alkyl halides is 3. The monoisotopic (exact) mass is 757 g/mol. The van der Waals surface area contributed by atoms with Crippen molar-refractivity contribution >= 4 is 21.8 Å². The van der Waals surface area contributed by atoms with Crippen molar-refractivity contribution in [3.63, 3.8) is 0 Å². The third-order valence-electron chi connectivity index (χ3n) is 10.4. The molecule has 0 spiro atoms. The molecule has 0 aliphatic rings. The Morgan fingerprint density at radius 3 is 1.48 bits per heavy atom. The molecular formula is C50H30F3N5. The highest BCUT2D eigenvalue weighted by atomic mass is 19.4. The molecule has 0 N–H and O–H groups in total. The number of halogens is 3. The van der Waals surface area contributed by atoms with Gasteiger partial charge in [-0.05, 0) is 85.3 Å². The van der Waals surface area contributed by atoms with E-state index in [0.717, 1.165) is 61.9 Å². The van der Waals surface area contributed by atoms with Crippen LogP contribution in [-0.2, 0) is 6.18 Å². The number of fused-ring (bicyclic) bond motifs is 3. The van der Waals surface area contributed by atoms with Crippen molar-refractivity contribution in [2.45, 2.75) is 13.1 Å². The van der Waals surface area contributed by atoms with Crippen molar-refractivity contribution in [1.29, 1.82) is 10.5 Å². The van der Waals surface area contributed by atoms with Gasteiger partial charge in [-0.3, -0.25) is 0 Å². The van der Waals surface area contributed by atoms with Gasteiger partial charge in [0.05, 0.1) is 68.3 Å². The van der Waals surface area contributed by atoms with Gasteiger partial charge in [-0.1, -0.05) is 91.0 Å². The summed E-state index contributed by atoms with van der Waals surface area (Å²) in [6.45, 7) is 1.68. The summed E-state index contributed by atoms with van der Waals surface area (Å²) in [7, 11) is 0. The van der Waals surface area contributed by atoms with E-state index >= 15 is 0 Å². The van der Waals surface area contributed by atoms with Crippen LogP contribution in [0.1, 0.15) is 22.3 Å². The summed E-state index contributed by atoms with van der Waals surface area (Å²) in [5.74, 6) is 0. The van der Waals surface area contributed by atoms with Crippen molar-refractivity contribution in [1.82, 2.24) is 14.5 Å². The summed E-state index contributed by atoms with van der Waals surface area (Å²) in [6, 6.07) is 54.5. The maximum atomic E-state index is 14.8. The predicted molar refractivity (Wildman–Crippen MR) is 223 cm³/mol. The third-order valence-corrected chi connectivity index (χ3v) is 10.4. The van der Waals surface area contributed by atoms with E-state index in [1.807, 2.05) is 144 Å². The minimum atomic E-state index is -4.76. The number of rotatable bonds is 6. The number of nitriles is 2. The highest BCUT2D eigenvalue weighted by Crippen LogP contribution is 2.45. The Hall–Kier alpha value is -7.81. The average molecular weight is 758 g/mol. The fourth-order valence-corrected chi connectivity index (χ4v) is 7.82. The van der Waals surface area contributed by atoms with Crippen LogP contribution in [0.5, 0.6) is 0 Å². The van der Waals surface area contributed by atoms with Crippen LogP contribution in [0.25, 0.3) is 83.6 Å². The molecule has 3 heterocycles. The average Bonchev–Trinajstić information content (AvgIpc) is 3.59. The first kappa shape index (κ1) is 35.9. The standard InChI is InChI=1S/C50H30F3N5/c1-31-25-32(29-54)26-47(48(31)49-37(30-55)15-8-16-40(49)50(51,52)53)58-45-23-21-35(43-19-9-17-41(56-43)33-11-4-2-5-12-33)27-38(45)39-28-36(22-24-46(39)58)44-20-10-18-42(57-44)34-13-6-3-7-14-34/h2-28H,1H3. The molecule has 3 aromatic heterocycles. The summed E-state index contributed by atoms with van der Waals surface area (Å²) in [5, 5.41) is 22.0. The van der Waals surface area contributed by atoms with Gasteiger partial charge in [0.15, 0.2) is 0 Å². The summed E-state index contributed by atoms with van der Waals surface area (Å²) in [6.07, 6.45) is -4.76. The van der Waals surface area contributed by atoms with Gasteiger partial charge in [-0.2, -0.15) is 23.7 Å². The molecule has 0 amide bonds. The first-order valence-corrected chi connectivity index (χ1v) is 18.5. The minimum absolute atomic E-state index is 0.122. The lowest BCUT2D eigenvalue weighted by atomic mass is 9.89. The van der Waals surface area contributed by atoms with E-state index in [0.29, 0.717) is 22.3 Å². The maximum Gasteiger partial charge on any atom is 0.417 e. The van der Waals surface area contributed by atoms with Gasteiger partial charge in [0.2, 0.25) is 0 Å². The van der Waals surface area contributed by atoms with Gasteiger partial charge in [-0.15, -0.1) is 0 Å². The molecule has 8 heteroatoms. The van der Waals surface area contributed by atoms with Crippen LogP contribution < -0.4 is 0 Å². The first-order valence-electron chi connectivity index (χ1n) is 18.5. The van der Waals surface area contributed by atoms with E-state index in [1.54, 1.807) is 19.1 Å². The molecule has 58 heavy (non-hydrogen) atoms. The zero-order valence-electron chi connectivity index (χ0n) is 31.0. The molecule has 0 aliphatic heterocycles. The number of hydrogen-bond acceptors (Lipinski definition) is 4. The van der Waals surface area contributed by atoms with Crippen LogP contribution in [0.15, 0.2) is 164 Å². The summed E-state index contributed by atoms with van der Waals surface area (Å²) in [5.41, 5.74) is 8.13. The first-order chi connectivity index (χ1) is 28.2. The SMILES string of the molecule is Cc1cc(C#N)cc(-n2c3ccc(-c4cccc(-c5ccccc5)n4)cc3c3cc(-c4cccc(-c5ccccc5)n4)ccc32)c1-c1c(C#N)cccc1C(F)(F)F. The topological polar surface area (TPSA) is 78.3 Å². The fraction of sp³-hybridized carbons (Fsp3) is 0.0400. The van der Waals surface area contributed by atoms with Gasteiger partial charge >= 0.3 is 6.18 Å². The highest BCUT2D eigenvalue weighted by Gasteiger charge is 2.36. The molecule has 0 unspecified atom stereocenters. The van der Waals surface area contributed by atoms with Gasteiger partial charge in [-0.25, -0.2) is 9.97 Å². The van der Waals surface area contributed by atoms with Gasteiger partial charge < -0.3 is 4.57 Å². The number of aromatic nitrogens is 3. The van der Waals surface area contributed by atoms with Gasteiger partial charge in [0.25, 0.3) is 0 Å². The number of aryl methyl sites for hydroxylation is 1. The van der Waals surface area contributed by atoms with Crippen LogP contribution in [0.3, 0.4) is 0 Å². The molecule has 0 fully saturated rings. The molecule has 0 aliphatic carbocycles. The number of hydrogen-bond donors (Lipinski definition) is 0.